The Morgan fingerprint density at radius 3 is 2.36 bits per heavy atom. The van der Waals surface area contributed by atoms with Gasteiger partial charge in [-0.05, 0) is 80.2 Å². The molecule has 3 aromatic rings. The van der Waals surface area contributed by atoms with Crippen LogP contribution in [0.5, 0.6) is 0 Å². The van der Waals surface area contributed by atoms with Gasteiger partial charge in [0.25, 0.3) is 11.8 Å². The Balaban J connectivity index is 1.36. The lowest BCUT2D eigenvalue weighted by Gasteiger charge is -2.31. The van der Waals surface area contributed by atoms with E-state index in [1.54, 1.807) is 18.0 Å². The average Bonchev–Trinajstić information content (AvgIpc) is 4.03. The number of imide groups is 1. The number of nitrogens with two attached hydrogens (primary N) is 1. The summed E-state index contributed by atoms with van der Waals surface area (Å²) in [7, 11) is 1.68. The van der Waals surface area contributed by atoms with Crippen LogP contribution < -0.4 is 11.1 Å². The summed E-state index contributed by atoms with van der Waals surface area (Å²) in [4.78, 5) is 91.1. The number of nitrogens with zero attached hydrogens (tertiary/aromatic N) is 5. The van der Waals surface area contributed by atoms with Crippen molar-refractivity contribution in [2.75, 3.05) is 106 Å². The lowest BCUT2D eigenvalue weighted by atomic mass is 9.84. The van der Waals surface area contributed by atoms with Gasteiger partial charge in [0.2, 0.25) is 11.8 Å². The number of fused-ring (bicyclic) bond motifs is 8. The quantitative estimate of drug-likeness (QED) is 0.0439. The molecule has 70 heavy (non-hydrogen) atoms. The van der Waals surface area contributed by atoms with Gasteiger partial charge in [0.05, 0.1) is 86.5 Å². The zero-order chi connectivity index (χ0) is 50.1. The Bertz CT molecular complexity index is 2700. The van der Waals surface area contributed by atoms with Crippen LogP contribution in [0.4, 0.5) is 0 Å². The van der Waals surface area contributed by atoms with E-state index in [0.717, 1.165) is 33.5 Å². The number of allylic oxidation sites excluding steroid dienone is 2. The van der Waals surface area contributed by atoms with Crippen molar-refractivity contribution in [3.05, 3.63) is 74.9 Å². The molecule has 2 atom stereocenters. The molecule has 6 N–H and O–H groups in total. The minimum absolute atomic E-state index is 0.0417. The van der Waals surface area contributed by atoms with Crippen LogP contribution in [0.1, 0.15) is 112 Å². The summed E-state index contributed by atoms with van der Waals surface area (Å²) < 4.78 is 21.7. The number of likely N-dealkylation sites (N-methyl/N-ethyl adjacent to an activating group) is 1. The maximum Gasteiger partial charge on any atom is 0.330 e. The lowest BCUT2D eigenvalue weighted by Crippen LogP contribution is -2.47. The Hall–Kier alpha value is -6.09. The van der Waals surface area contributed by atoms with Crippen molar-refractivity contribution in [3.8, 4) is 0 Å². The molecule has 0 unspecified atom stereocenters. The van der Waals surface area contributed by atoms with Gasteiger partial charge in [-0.15, -0.1) is 0 Å². The van der Waals surface area contributed by atoms with E-state index in [2.05, 4.69) is 27.1 Å². The van der Waals surface area contributed by atoms with Crippen molar-refractivity contribution in [3.63, 3.8) is 0 Å². The first kappa shape index (κ1) is 51.8. The summed E-state index contributed by atoms with van der Waals surface area (Å²) in [5.74, 6) is -2.56. The largest absolute Gasteiger partial charge is 0.460 e. The Kier molecular flexibility index (Phi) is 17.5. The molecule has 0 aromatic carbocycles. The molecule has 19 heteroatoms. The second kappa shape index (κ2) is 23.7. The minimum atomic E-state index is -0.550. The number of aromatic amines is 2. The van der Waals surface area contributed by atoms with Gasteiger partial charge < -0.3 is 50.0 Å². The van der Waals surface area contributed by atoms with Gasteiger partial charge in [-0.1, -0.05) is 13.8 Å². The van der Waals surface area contributed by atoms with Crippen molar-refractivity contribution >= 4 is 68.9 Å². The summed E-state index contributed by atoms with van der Waals surface area (Å²) in [6, 6.07) is 5.87. The fourth-order valence-electron chi connectivity index (χ4n) is 9.45. The van der Waals surface area contributed by atoms with Gasteiger partial charge in [0.1, 0.15) is 6.61 Å². The molecule has 0 saturated carbocycles. The number of morpholine rings is 1. The highest BCUT2D eigenvalue weighted by Gasteiger charge is 2.41. The maximum absolute atomic E-state index is 15.2. The number of hydrogen-bond donors (Lipinski definition) is 5. The van der Waals surface area contributed by atoms with Crippen LogP contribution in [-0.2, 0) is 33.3 Å². The van der Waals surface area contributed by atoms with Gasteiger partial charge in [-0.2, -0.15) is 0 Å². The van der Waals surface area contributed by atoms with Gasteiger partial charge in [-0.25, -0.2) is 9.78 Å². The van der Waals surface area contributed by atoms with Crippen molar-refractivity contribution in [2.45, 2.75) is 65.7 Å². The molecule has 8 bridgehead atoms. The van der Waals surface area contributed by atoms with Crippen LogP contribution in [-0.4, -0.2) is 175 Å². The first-order chi connectivity index (χ1) is 33.8. The van der Waals surface area contributed by atoms with Crippen molar-refractivity contribution < 1.29 is 48.0 Å². The third-order valence-corrected chi connectivity index (χ3v) is 13.6. The van der Waals surface area contributed by atoms with E-state index < -0.39 is 17.8 Å². The van der Waals surface area contributed by atoms with E-state index >= 15 is 4.79 Å². The Morgan fingerprint density at radius 2 is 1.63 bits per heavy atom. The number of amides is 4. The first-order valence-electron chi connectivity index (χ1n) is 24.2. The summed E-state index contributed by atoms with van der Waals surface area (Å²) in [5, 5.41) is 11.6. The molecule has 3 aromatic heterocycles. The second-order valence-corrected chi connectivity index (χ2v) is 17.9. The third kappa shape index (κ3) is 11.6. The number of aliphatic hydroxyl groups is 1. The van der Waals surface area contributed by atoms with Gasteiger partial charge in [0, 0.05) is 98.5 Å². The van der Waals surface area contributed by atoms with Gasteiger partial charge in [-0.3, -0.25) is 34.0 Å². The average molecular weight is 966 g/mol. The number of hydrogen-bond acceptors (Lipinski definition) is 14. The molecule has 4 aliphatic rings. The molecule has 1 saturated heterocycles. The number of carbonyl (C=O) groups is 5. The topological polar surface area (TPSA) is 248 Å². The highest BCUT2D eigenvalue weighted by Crippen LogP contribution is 2.44. The van der Waals surface area contributed by atoms with E-state index in [1.807, 2.05) is 45.9 Å². The van der Waals surface area contributed by atoms with Crippen LogP contribution >= 0.6 is 0 Å². The monoisotopic (exact) mass is 966 g/mol. The van der Waals surface area contributed by atoms with Crippen LogP contribution in [0.25, 0.3) is 39.3 Å². The molecule has 1 fully saturated rings. The number of esters is 1. The summed E-state index contributed by atoms with van der Waals surface area (Å²) >= 11 is 0. The number of nitrogens with one attached hydrogen (secondary N) is 3. The predicted molar refractivity (Wildman–Crippen MR) is 265 cm³/mol. The Labute approximate surface area is 407 Å². The number of rotatable bonds is 21. The number of ether oxygens (including phenoxy) is 4. The molecule has 7 rings (SSSR count). The maximum atomic E-state index is 15.2. The lowest BCUT2D eigenvalue weighted by molar-refractivity contribution is -0.139. The summed E-state index contributed by atoms with van der Waals surface area (Å²) in [5.41, 5.74) is 15.4. The first-order valence-corrected chi connectivity index (χ1v) is 24.2. The third-order valence-electron chi connectivity index (χ3n) is 13.6. The van der Waals surface area contributed by atoms with E-state index in [9.17, 15) is 19.2 Å². The van der Waals surface area contributed by atoms with Crippen molar-refractivity contribution in [1.82, 2.24) is 40.0 Å². The molecule has 4 amide bonds. The van der Waals surface area contributed by atoms with E-state index in [1.165, 1.54) is 11.0 Å². The number of aryl methyl sites for hydroxylation is 2. The second-order valence-electron chi connectivity index (χ2n) is 17.9. The SMILES string of the molecule is CCC1=C(C)c2cc3[nH]c(cc4nc(c5c6[nH]c(cc1n2)c(C)c6C(=O)N(CCN1CCOCC1)C5=O)[C@@H](CCC(=O)N(C)CCNC(=O)CN)[C@@H]4C)c(C)c3/C=C/C(=O)OCCOCCOCCO. The van der Waals surface area contributed by atoms with Crippen LogP contribution in [0, 0.1) is 13.8 Å². The predicted octanol–water partition coefficient (Wildman–Crippen LogP) is 3.98. The summed E-state index contributed by atoms with van der Waals surface area (Å²) in [6.07, 6.45) is 4.23. The highest BCUT2D eigenvalue weighted by atomic mass is 16.6. The molecular weight excluding hydrogens is 899 g/mol. The minimum Gasteiger partial charge on any atom is -0.460 e. The fraction of sp³-hybridized carbons (Fsp3) is 0.510. The fourth-order valence-corrected chi connectivity index (χ4v) is 9.45. The van der Waals surface area contributed by atoms with Crippen molar-refractivity contribution in [1.29, 1.82) is 0 Å². The zero-order valence-corrected chi connectivity index (χ0v) is 41.2. The standard InChI is InChI=1S/C51H67N9O10/c1-7-34-30(2)38-27-42-35(9-11-45(64)70-25-24-69-23-22-68-21-18-61)31(3)37(55-42)26-39-32(4)36(8-10-44(63)58(6)13-12-53-43(62)29-52)48(56-39)47-49-46(33(5)40(57-49)28-41(34)54-38)50(65)60(51(47)66)15-14-59-16-19-67-20-17-59/h9,11,26-28,32,36,55,57,61H,7-8,10,12-25,29,52H2,1-6H3,(H,53,62)/b11-9+,37-26?,38-27?,39-26?,40-28?,41-28?,42-27?,48-47?/t32-,36-/m0/s1. The number of carbonyl (C=O) groups excluding carboxylic acids is 5. The van der Waals surface area contributed by atoms with Gasteiger partial charge >= 0.3 is 5.97 Å². The molecule has 0 radical (unpaired) electrons. The normalized spacial score (nSPS) is 17.2. The molecule has 0 spiro atoms. The molecule has 0 aliphatic carbocycles. The molecule has 7 heterocycles. The van der Waals surface area contributed by atoms with Crippen LogP contribution in [0.3, 0.4) is 0 Å². The number of aliphatic hydroxyl groups excluding tert-OH is 1. The van der Waals surface area contributed by atoms with Crippen molar-refractivity contribution in [2.24, 2.45) is 5.73 Å². The summed E-state index contributed by atoms with van der Waals surface area (Å²) in [6.45, 7) is 14.5. The number of H-pyrrole nitrogens is 2. The molecular formula is C51H67N9O10. The zero-order valence-electron chi connectivity index (χ0n) is 41.2. The molecule has 376 valence electrons. The van der Waals surface area contributed by atoms with E-state index in [0.29, 0.717) is 109 Å². The van der Waals surface area contributed by atoms with Gasteiger partial charge in [0.15, 0.2) is 0 Å². The smallest absolute Gasteiger partial charge is 0.330 e. The Morgan fingerprint density at radius 1 is 0.929 bits per heavy atom. The van der Waals surface area contributed by atoms with Crippen LogP contribution in [0.2, 0.25) is 0 Å². The van der Waals surface area contributed by atoms with E-state index in [4.69, 9.17) is 39.8 Å². The van der Waals surface area contributed by atoms with Crippen LogP contribution in [0.15, 0.2) is 24.3 Å². The molecule has 4 aliphatic heterocycles. The van der Waals surface area contributed by atoms with E-state index in [-0.39, 0.29) is 82.7 Å². The number of aromatic nitrogens is 4. The molecule has 19 nitrogen and oxygen atoms in total. The highest BCUT2D eigenvalue weighted by molar-refractivity contribution is 6.23.